The Morgan fingerprint density at radius 2 is 1.76 bits per heavy atom. The molecule has 128 valence electrons. The summed E-state index contributed by atoms with van der Waals surface area (Å²) < 4.78 is 5.40. The van der Waals surface area contributed by atoms with Crippen molar-refractivity contribution < 1.29 is 9.32 Å². The van der Waals surface area contributed by atoms with Gasteiger partial charge in [-0.25, -0.2) is 0 Å². The second kappa shape index (κ2) is 7.49. The molecular weight excluding hydrogens is 338 g/mol. The number of hydrogen-bond acceptors (Lipinski definition) is 4. The Morgan fingerprint density at radius 3 is 2.44 bits per heavy atom. The average Bonchev–Trinajstić information content (AvgIpc) is 3.10. The Hall–Kier alpha value is -2.66. The van der Waals surface area contributed by atoms with Crippen molar-refractivity contribution in [3.05, 3.63) is 71.1 Å². The van der Waals surface area contributed by atoms with E-state index in [0.717, 1.165) is 5.56 Å². The van der Waals surface area contributed by atoms with Gasteiger partial charge in [0.05, 0.1) is 10.6 Å². The Labute approximate surface area is 151 Å². The molecule has 1 amide bonds. The summed E-state index contributed by atoms with van der Waals surface area (Å²) in [6, 6.07) is 16.0. The van der Waals surface area contributed by atoms with Crippen molar-refractivity contribution in [3.8, 4) is 11.4 Å². The van der Waals surface area contributed by atoms with Gasteiger partial charge in [0.25, 0.3) is 5.91 Å². The maximum absolute atomic E-state index is 12.5. The van der Waals surface area contributed by atoms with Gasteiger partial charge in [0, 0.05) is 5.56 Å². The molecule has 0 aliphatic heterocycles. The molecular formula is C19H18ClN3O2. The molecule has 1 aromatic heterocycles. The minimum absolute atomic E-state index is 0.0653. The van der Waals surface area contributed by atoms with Gasteiger partial charge in [-0.2, -0.15) is 4.98 Å². The van der Waals surface area contributed by atoms with Crippen LogP contribution in [0.25, 0.3) is 11.4 Å². The summed E-state index contributed by atoms with van der Waals surface area (Å²) in [5.74, 6) is 0.654. The maximum atomic E-state index is 12.5. The van der Waals surface area contributed by atoms with Crippen molar-refractivity contribution in [2.24, 2.45) is 5.92 Å². The first-order valence-electron chi connectivity index (χ1n) is 8.00. The van der Waals surface area contributed by atoms with Crippen molar-refractivity contribution in [1.82, 2.24) is 15.5 Å². The zero-order valence-electron chi connectivity index (χ0n) is 13.9. The van der Waals surface area contributed by atoms with E-state index >= 15 is 0 Å². The molecule has 0 aliphatic rings. The summed E-state index contributed by atoms with van der Waals surface area (Å²) in [7, 11) is 0. The van der Waals surface area contributed by atoms with E-state index in [-0.39, 0.29) is 11.8 Å². The lowest BCUT2D eigenvalue weighted by Gasteiger charge is -2.18. The normalized spacial score (nSPS) is 12.2. The number of aromatic nitrogens is 2. The van der Waals surface area contributed by atoms with Crippen LogP contribution in [0.5, 0.6) is 0 Å². The summed E-state index contributed by atoms with van der Waals surface area (Å²) in [4.78, 5) is 17.0. The SMILES string of the molecule is CC(C)[C@H](NC(=O)c1ccccc1Cl)c1nc(-c2ccccc2)no1. The number of hydrogen-bond donors (Lipinski definition) is 1. The first-order chi connectivity index (χ1) is 12.1. The van der Waals surface area contributed by atoms with E-state index in [1.165, 1.54) is 0 Å². The molecule has 1 N–H and O–H groups in total. The van der Waals surface area contributed by atoms with Crippen LogP contribution in [0, 0.1) is 5.92 Å². The van der Waals surface area contributed by atoms with Crippen LogP contribution >= 0.6 is 11.6 Å². The molecule has 25 heavy (non-hydrogen) atoms. The second-order valence-electron chi connectivity index (χ2n) is 6.00. The van der Waals surface area contributed by atoms with Gasteiger partial charge in [-0.05, 0) is 18.1 Å². The zero-order chi connectivity index (χ0) is 17.8. The molecule has 0 radical (unpaired) electrons. The van der Waals surface area contributed by atoms with Crippen LogP contribution in [0.3, 0.4) is 0 Å². The lowest BCUT2D eigenvalue weighted by atomic mass is 10.0. The number of amides is 1. The molecule has 3 rings (SSSR count). The molecule has 6 heteroatoms. The highest BCUT2D eigenvalue weighted by atomic mass is 35.5. The first kappa shape index (κ1) is 17.2. The molecule has 0 bridgehead atoms. The van der Waals surface area contributed by atoms with E-state index in [9.17, 15) is 4.79 Å². The van der Waals surface area contributed by atoms with E-state index in [1.54, 1.807) is 24.3 Å². The Bertz CT molecular complexity index is 862. The van der Waals surface area contributed by atoms with Crippen molar-refractivity contribution in [1.29, 1.82) is 0 Å². The van der Waals surface area contributed by atoms with Crippen molar-refractivity contribution in [3.63, 3.8) is 0 Å². The fourth-order valence-electron chi connectivity index (χ4n) is 2.44. The third-order valence-electron chi connectivity index (χ3n) is 3.81. The molecule has 1 atom stereocenters. The summed E-state index contributed by atoms with van der Waals surface area (Å²) in [6.45, 7) is 3.95. The van der Waals surface area contributed by atoms with Crippen molar-refractivity contribution in [2.45, 2.75) is 19.9 Å². The van der Waals surface area contributed by atoms with Crippen LogP contribution in [-0.4, -0.2) is 16.0 Å². The molecule has 0 spiro atoms. The van der Waals surface area contributed by atoms with Crippen LogP contribution in [-0.2, 0) is 0 Å². The maximum Gasteiger partial charge on any atom is 0.253 e. The van der Waals surface area contributed by atoms with Crippen LogP contribution in [0.15, 0.2) is 59.1 Å². The van der Waals surface area contributed by atoms with E-state index in [2.05, 4.69) is 15.5 Å². The number of nitrogens with zero attached hydrogens (tertiary/aromatic N) is 2. The number of rotatable bonds is 5. The van der Waals surface area contributed by atoms with Crippen molar-refractivity contribution in [2.75, 3.05) is 0 Å². The average molecular weight is 356 g/mol. The fourth-order valence-corrected chi connectivity index (χ4v) is 2.67. The Balaban J connectivity index is 1.84. The standard InChI is InChI=1S/C19H18ClN3O2/c1-12(2)16(21-18(24)14-10-6-7-11-15(14)20)19-22-17(23-25-19)13-8-4-3-5-9-13/h3-12,16H,1-2H3,(H,21,24)/t16-/m0/s1. The number of nitrogens with one attached hydrogen (secondary N) is 1. The van der Waals surface area contributed by atoms with Gasteiger partial charge in [0.1, 0.15) is 6.04 Å². The van der Waals surface area contributed by atoms with E-state index in [1.807, 2.05) is 44.2 Å². The minimum Gasteiger partial charge on any atom is -0.340 e. The van der Waals surface area contributed by atoms with Crippen molar-refractivity contribution >= 4 is 17.5 Å². The molecule has 0 unspecified atom stereocenters. The topological polar surface area (TPSA) is 68.0 Å². The van der Waals surface area contributed by atoms with Crippen LogP contribution in [0.4, 0.5) is 0 Å². The summed E-state index contributed by atoms with van der Waals surface area (Å²) in [5, 5.41) is 7.36. The van der Waals surface area contributed by atoms with Gasteiger partial charge >= 0.3 is 0 Å². The smallest absolute Gasteiger partial charge is 0.253 e. The van der Waals surface area contributed by atoms with Crippen LogP contribution in [0.1, 0.15) is 36.1 Å². The van der Waals surface area contributed by atoms with Gasteiger partial charge in [-0.3, -0.25) is 4.79 Å². The largest absolute Gasteiger partial charge is 0.340 e. The number of halogens is 1. The molecule has 0 saturated carbocycles. The molecule has 1 heterocycles. The van der Waals surface area contributed by atoms with E-state index in [4.69, 9.17) is 16.1 Å². The zero-order valence-corrected chi connectivity index (χ0v) is 14.7. The monoisotopic (exact) mass is 355 g/mol. The van der Waals surface area contributed by atoms with Crippen LogP contribution in [0.2, 0.25) is 5.02 Å². The Morgan fingerprint density at radius 1 is 1.08 bits per heavy atom. The molecule has 3 aromatic rings. The molecule has 5 nitrogen and oxygen atoms in total. The quantitative estimate of drug-likeness (QED) is 0.730. The lowest BCUT2D eigenvalue weighted by molar-refractivity contribution is 0.0914. The highest BCUT2D eigenvalue weighted by molar-refractivity contribution is 6.33. The summed E-state index contributed by atoms with van der Waals surface area (Å²) in [6.07, 6.45) is 0. The third-order valence-corrected chi connectivity index (χ3v) is 4.14. The molecule has 0 fully saturated rings. The number of carbonyl (C=O) groups is 1. The predicted molar refractivity (Wildman–Crippen MR) is 96.2 cm³/mol. The molecule has 0 saturated heterocycles. The van der Waals surface area contributed by atoms with Gasteiger partial charge in [-0.15, -0.1) is 0 Å². The first-order valence-corrected chi connectivity index (χ1v) is 8.38. The fraction of sp³-hybridized carbons (Fsp3) is 0.211. The van der Waals surface area contributed by atoms with Gasteiger partial charge in [0.2, 0.25) is 11.7 Å². The predicted octanol–water partition coefficient (Wildman–Crippen LogP) is 4.52. The summed E-state index contributed by atoms with van der Waals surface area (Å²) >= 11 is 6.10. The Kier molecular flexibility index (Phi) is 5.14. The van der Waals surface area contributed by atoms with Gasteiger partial charge < -0.3 is 9.84 Å². The van der Waals surface area contributed by atoms with Gasteiger partial charge in [0.15, 0.2) is 0 Å². The highest BCUT2D eigenvalue weighted by Gasteiger charge is 2.26. The highest BCUT2D eigenvalue weighted by Crippen LogP contribution is 2.24. The lowest BCUT2D eigenvalue weighted by Crippen LogP contribution is -2.32. The molecule has 2 aromatic carbocycles. The van der Waals surface area contributed by atoms with Crippen LogP contribution < -0.4 is 5.32 Å². The van der Waals surface area contributed by atoms with Gasteiger partial charge in [-0.1, -0.05) is 73.1 Å². The minimum atomic E-state index is -0.409. The van der Waals surface area contributed by atoms with E-state index in [0.29, 0.717) is 22.3 Å². The number of carbonyl (C=O) groups excluding carboxylic acids is 1. The number of benzene rings is 2. The third kappa shape index (κ3) is 3.88. The second-order valence-corrected chi connectivity index (χ2v) is 6.40. The summed E-state index contributed by atoms with van der Waals surface area (Å²) in [5.41, 5.74) is 1.27. The molecule has 0 aliphatic carbocycles. The van der Waals surface area contributed by atoms with E-state index < -0.39 is 6.04 Å².